The number of aliphatic hydroxyl groups excluding tert-OH is 1. The third-order valence-electron chi connectivity index (χ3n) is 2.11. The summed E-state index contributed by atoms with van der Waals surface area (Å²) >= 11 is 0. The second kappa shape index (κ2) is 6.73. The van der Waals surface area contributed by atoms with Crippen LogP contribution in [0.4, 0.5) is 0 Å². The molecule has 2 atom stereocenters. The second-order valence-electron chi connectivity index (χ2n) is 3.44. The van der Waals surface area contributed by atoms with Crippen molar-refractivity contribution < 1.29 is 19.4 Å². The Morgan fingerprint density at radius 1 is 1.80 bits per heavy atom. The number of hydrogen-bond donors (Lipinski definition) is 3. The van der Waals surface area contributed by atoms with E-state index in [1.165, 1.54) is 7.11 Å². The van der Waals surface area contributed by atoms with Gasteiger partial charge in [0.2, 0.25) is 5.91 Å². The van der Waals surface area contributed by atoms with Crippen LogP contribution >= 0.6 is 0 Å². The van der Waals surface area contributed by atoms with Gasteiger partial charge >= 0.3 is 0 Å². The first-order valence-corrected chi connectivity index (χ1v) is 5.00. The van der Waals surface area contributed by atoms with E-state index in [0.29, 0.717) is 19.8 Å². The largest absolute Gasteiger partial charge is 0.389 e. The smallest absolute Gasteiger partial charge is 0.239 e. The van der Waals surface area contributed by atoms with Gasteiger partial charge < -0.3 is 25.2 Å². The molecule has 6 heteroatoms. The van der Waals surface area contributed by atoms with Crippen molar-refractivity contribution in [3.63, 3.8) is 0 Å². The summed E-state index contributed by atoms with van der Waals surface area (Å²) in [6, 6.07) is -0.312. The van der Waals surface area contributed by atoms with Gasteiger partial charge in [0.15, 0.2) is 0 Å². The van der Waals surface area contributed by atoms with Crippen LogP contribution in [-0.2, 0) is 14.3 Å². The number of morpholine rings is 1. The Balaban J connectivity index is 2.16. The summed E-state index contributed by atoms with van der Waals surface area (Å²) in [7, 11) is 1.50. The third kappa shape index (κ3) is 4.57. The minimum Gasteiger partial charge on any atom is -0.389 e. The predicted molar refractivity (Wildman–Crippen MR) is 53.5 cm³/mol. The molecule has 0 spiro atoms. The second-order valence-corrected chi connectivity index (χ2v) is 3.44. The third-order valence-corrected chi connectivity index (χ3v) is 2.11. The molecule has 15 heavy (non-hydrogen) atoms. The van der Waals surface area contributed by atoms with E-state index in [9.17, 15) is 9.90 Å². The molecule has 1 heterocycles. The first kappa shape index (κ1) is 12.4. The molecule has 1 amide bonds. The Morgan fingerprint density at radius 3 is 3.20 bits per heavy atom. The van der Waals surface area contributed by atoms with Crippen molar-refractivity contribution in [1.82, 2.24) is 10.6 Å². The van der Waals surface area contributed by atoms with E-state index in [4.69, 9.17) is 9.47 Å². The van der Waals surface area contributed by atoms with Gasteiger partial charge in [-0.1, -0.05) is 0 Å². The first-order chi connectivity index (χ1) is 7.24. The lowest BCUT2D eigenvalue weighted by atomic mass is 10.2. The topological polar surface area (TPSA) is 79.8 Å². The maximum absolute atomic E-state index is 11.5. The molecule has 1 saturated heterocycles. The number of hydrogen-bond acceptors (Lipinski definition) is 5. The van der Waals surface area contributed by atoms with Gasteiger partial charge in [-0.2, -0.15) is 0 Å². The molecular weight excluding hydrogens is 200 g/mol. The van der Waals surface area contributed by atoms with E-state index >= 15 is 0 Å². The number of amides is 1. The van der Waals surface area contributed by atoms with Gasteiger partial charge in [-0.25, -0.2) is 0 Å². The highest BCUT2D eigenvalue weighted by atomic mass is 16.5. The molecule has 1 rings (SSSR count). The molecule has 1 aliphatic rings. The Labute approximate surface area is 88.9 Å². The Morgan fingerprint density at radius 2 is 2.60 bits per heavy atom. The van der Waals surface area contributed by atoms with Crippen molar-refractivity contribution >= 4 is 5.91 Å². The van der Waals surface area contributed by atoms with E-state index < -0.39 is 6.10 Å². The fourth-order valence-corrected chi connectivity index (χ4v) is 1.33. The predicted octanol–water partition coefficient (Wildman–Crippen LogP) is -1.90. The van der Waals surface area contributed by atoms with Crippen molar-refractivity contribution in [2.45, 2.75) is 12.1 Å². The quantitative estimate of drug-likeness (QED) is 0.502. The molecule has 1 aliphatic heterocycles. The van der Waals surface area contributed by atoms with Crippen molar-refractivity contribution in [2.75, 3.05) is 40.0 Å². The highest BCUT2D eigenvalue weighted by molar-refractivity contribution is 5.81. The van der Waals surface area contributed by atoms with Crippen LogP contribution in [0.25, 0.3) is 0 Å². The van der Waals surface area contributed by atoms with Crippen molar-refractivity contribution in [1.29, 1.82) is 0 Å². The zero-order chi connectivity index (χ0) is 11.1. The molecule has 0 radical (unpaired) electrons. The molecule has 0 aromatic rings. The Bertz CT molecular complexity index is 195. The van der Waals surface area contributed by atoms with Gasteiger partial charge in [0.05, 0.1) is 25.9 Å². The summed E-state index contributed by atoms with van der Waals surface area (Å²) in [6.07, 6.45) is -0.663. The summed E-state index contributed by atoms with van der Waals surface area (Å²) in [5.74, 6) is -0.148. The molecule has 6 nitrogen and oxygen atoms in total. The highest BCUT2D eigenvalue weighted by Gasteiger charge is 2.21. The molecule has 2 unspecified atom stereocenters. The van der Waals surface area contributed by atoms with Gasteiger partial charge in [-0.3, -0.25) is 4.79 Å². The number of aliphatic hydroxyl groups is 1. The fourth-order valence-electron chi connectivity index (χ4n) is 1.33. The highest BCUT2D eigenvalue weighted by Crippen LogP contribution is 1.93. The maximum Gasteiger partial charge on any atom is 0.239 e. The molecule has 0 bridgehead atoms. The molecule has 0 saturated carbocycles. The van der Waals surface area contributed by atoms with E-state index in [-0.39, 0.29) is 25.1 Å². The van der Waals surface area contributed by atoms with Crippen LogP contribution in [0.15, 0.2) is 0 Å². The minimum absolute atomic E-state index is 0.148. The van der Waals surface area contributed by atoms with E-state index in [1.54, 1.807) is 0 Å². The average Bonchev–Trinajstić information content (AvgIpc) is 2.27. The van der Waals surface area contributed by atoms with Gasteiger partial charge in [0.1, 0.15) is 6.04 Å². The Kier molecular flexibility index (Phi) is 5.56. The van der Waals surface area contributed by atoms with Gasteiger partial charge in [0, 0.05) is 20.2 Å². The van der Waals surface area contributed by atoms with Crippen LogP contribution in [0.3, 0.4) is 0 Å². The standard InChI is InChI=1S/C9H18N2O4/c1-14-5-7(12)4-11-9(13)8-6-15-3-2-10-8/h7-8,10,12H,2-6H2,1H3,(H,11,13). The van der Waals surface area contributed by atoms with Crippen molar-refractivity contribution in [3.05, 3.63) is 0 Å². The summed E-state index contributed by atoms with van der Waals surface area (Å²) < 4.78 is 9.89. The van der Waals surface area contributed by atoms with Crippen molar-refractivity contribution in [3.8, 4) is 0 Å². The maximum atomic E-state index is 11.5. The molecule has 0 aliphatic carbocycles. The molecule has 1 fully saturated rings. The lowest BCUT2D eigenvalue weighted by Crippen LogP contribution is -2.52. The molecule has 88 valence electrons. The molecule has 0 aromatic carbocycles. The number of nitrogens with one attached hydrogen (secondary N) is 2. The summed E-state index contributed by atoms with van der Waals surface area (Å²) in [6.45, 7) is 2.11. The molecule has 0 aromatic heterocycles. The normalized spacial score (nSPS) is 23.5. The SMILES string of the molecule is COCC(O)CNC(=O)C1COCCN1. The number of carbonyl (C=O) groups is 1. The number of carbonyl (C=O) groups excluding carboxylic acids is 1. The lowest BCUT2D eigenvalue weighted by molar-refractivity contribution is -0.126. The van der Waals surface area contributed by atoms with Crippen LogP contribution in [0.1, 0.15) is 0 Å². The van der Waals surface area contributed by atoms with Crippen LogP contribution in [-0.4, -0.2) is 63.2 Å². The number of rotatable bonds is 5. The fraction of sp³-hybridized carbons (Fsp3) is 0.889. The van der Waals surface area contributed by atoms with Gasteiger partial charge in [-0.05, 0) is 0 Å². The van der Waals surface area contributed by atoms with Gasteiger partial charge in [-0.15, -0.1) is 0 Å². The summed E-state index contributed by atoms with van der Waals surface area (Å²) in [4.78, 5) is 11.5. The average molecular weight is 218 g/mol. The monoisotopic (exact) mass is 218 g/mol. The van der Waals surface area contributed by atoms with Crippen LogP contribution < -0.4 is 10.6 Å². The first-order valence-electron chi connectivity index (χ1n) is 5.00. The summed E-state index contributed by atoms with van der Waals surface area (Å²) in [5.41, 5.74) is 0. The van der Waals surface area contributed by atoms with Crippen molar-refractivity contribution in [2.24, 2.45) is 0 Å². The zero-order valence-electron chi connectivity index (χ0n) is 8.86. The minimum atomic E-state index is -0.663. The van der Waals surface area contributed by atoms with Crippen LogP contribution in [0.5, 0.6) is 0 Å². The Hall–Kier alpha value is -0.690. The molecular formula is C9H18N2O4. The van der Waals surface area contributed by atoms with E-state index in [0.717, 1.165) is 0 Å². The summed E-state index contributed by atoms with van der Waals surface area (Å²) in [5, 5.41) is 15.0. The van der Waals surface area contributed by atoms with E-state index in [2.05, 4.69) is 10.6 Å². The zero-order valence-corrected chi connectivity index (χ0v) is 8.86. The number of methoxy groups -OCH3 is 1. The van der Waals surface area contributed by atoms with Gasteiger partial charge in [0.25, 0.3) is 0 Å². The molecule has 3 N–H and O–H groups in total. The number of ether oxygens (including phenoxy) is 2. The van der Waals surface area contributed by atoms with E-state index in [1.807, 2.05) is 0 Å². The lowest BCUT2D eigenvalue weighted by Gasteiger charge is -2.23. The van der Waals surface area contributed by atoms with Crippen LogP contribution in [0, 0.1) is 0 Å². The van der Waals surface area contributed by atoms with Crippen LogP contribution in [0.2, 0.25) is 0 Å².